The first kappa shape index (κ1) is 19.1. The topological polar surface area (TPSA) is 37.4 Å². The third-order valence-electron chi connectivity index (χ3n) is 4.85. The summed E-state index contributed by atoms with van der Waals surface area (Å²) >= 11 is 7.61. The molecule has 138 valence electrons. The van der Waals surface area contributed by atoms with Gasteiger partial charge in [-0.15, -0.1) is 11.3 Å². The summed E-state index contributed by atoms with van der Waals surface area (Å²) in [6, 6.07) is 7.02. The number of aryl methyl sites for hydroxylation is 1. The number of hydrogen-bond donors (Lipinski definition) is 0. The van der Waals surface area contributed by atoms with E-state index in [0.29, 0.717) is 17.1 Å². The molecule has 2 aromatic rings. The van der Waals surface area contributed by atoms with Gasteiger partial charge < -0.3 is 4.90 Å². The number of unbranched alkanes of at least 4 members (excludes halogenated alkanes) is 1. The van der Waals surface area contributed by atoms with E-state index in [1.54, 1.807) is 47.4 Å². The second kappa shape index (κ2) is 8.36. The van der Waals surface area contributed by atoms with Crippen LogP contribution >= 0.6 is 22.9 Å². The van der Waals surface area contributed by atoms with E-state index < -0.39 is 0 Å². The minimum absolute atomic E-state index is 0.00110. The molecule has 0 fully saturated rings. The Labute approximate surface area is 164 Å². The molecule has 0 aliphatic heterocycles. The predicted octanol–water partition coefficient (Wildman–Crippen LogP) is 5.66. The number of anilines is 1. The van der Waals surface area contributed by atoms with Crippen molar-refractivity contribution in [3.63, 3.8) is 0 Å². The second-order valence-electron chi connectivity index (χ2n) is 6.75. The van der Waals surface area contributed by atoms with Crippen molar-refractivity contribution in [2.75, 3.05) is 11.4 Å². The van der Waals surface area contributed by atoms with Crippen LogP contribution in [0.1, 0.15) is 65.9 Å². The summed E-state index contributed by atoms with van der Waals surface area (Å²) in [4.78, 5) is 28.7. The zero-order valence-electron chi connectivity index (χ0n) is 15.3. The van der Waals surface area contributed by atoms with Gasteiger partial charge in [0.05, 0.1) is 5.56 Å². The van der Waals surface area contributed by atoms with Gasteiger partial charge in [0.1, 0.15) is 5.00 Å². The first-order valence-corrected chi connectivity index (χ1v) is 10.4. The minimum atomic E-state index is -0.00110. The number of amides is 1. The van der Waals surface area contributed by atoms with E-state index in [0.717, 1.165) is 54.7 Å². The number of thiophene rings is 1. The highest BCUT2D eigenvalue weighted by molar-refractivity contribution is 7.17. The van der Waals surface area contributed by atoms with Crippen LogP contribution in [-0.2, 0) is 17.6 Å². The lowest BCUT2D eigenvalue weighted by Crippen LogP contribution is -2.30. The van der Waals surface area contributed by atoms with Gasteiger partial charge in [0.25, 0.3) is 0 Å². The molecule has 0 radical (unpaired) electrons. The molecule has 3 nitrogen and oxygen atoms in total. The van der Waals surface area contributed by atoms with Crippen LogP contribution in [0.5, 0.6) is 0 Å². The number of ketones is 1. The maximum Gasteiger partial charge on any atom is 0.224 e. The Hall–Kier alpha value is -1.65. The number of rotatable bonds is 6. The Kier molecular flexibility index (Phi) is 6.15. The average molecular weight is 390 g/mol. The van der Waals surface area contributed by atoms with Crippen molar-refractivity contribution in [3.8, 4) is 0 Å². The normalized spacial score (nSPS) is 13.3. The van der Waals surface area contributed by atoms with E-state index in [-0.39, 0.29) is 11.7 Å². The van der Waals surface area contributed by atoms with Gasteiger partial charge in [-0.3, -0.25) is 9.59 Å². The molecule has 0 saturated heterocycles. The van der Waals surface area contributed by atoms with Gasteiger partial charge >= 0.3 is 0 Å². The number of hydrogen-bond acceptors (Lipinski definition) is 3. The number of carbonyl (C=O) groups is 2. The molecule has 1 aromatic carbocycles. The number of halogens is 1. The Morgan fingerprint density at radius 3 is 2.50 bits per heavy atom. The van der Waals surface area contributed by atoms with Crippen LogP contribution in [0.3, 0.4) is 0 Å². The molecule has 5 heteroatoms. The average Bonchev–Trinajstić information content (AvgIpc) is 3.01. The molecular weight excluding hydrogens is 366 g/mol. The van der Waals surface area contributed by atoms with Crippen molar-refractivity contribution in [1.82, 2.24) is 0 Å². The number of fused-ring (bicyclic) bond motifs is 1. The van der Waals surface area contributed by atoms with E-state index in [4.69, 9.17) is 11.6 Å². The molecule has 1 aliphatic carbocycles. The maximum absolute atomic E-state index is 13.3. The van der Waals surface area contributed by atoms with E-state index in [1.165, 1.54) is 4.88 Å². The van der Waals surface area contributed by atoms with Gasteiger partial charge in [-0.05, 0) is 61.9 Å². The van der Waals surface area contributed by atoms with Crippen molar-refractivity contribution >= 4 is 39.6 Å². The van der Waals surface area contributed by atoms with Gasteiger partial charge in [0.2, 0.25) is 5.91 Å². The standard InChI is InChI=1S/C21H24ClNO2S/c1-3-4-13-23(14(2)24)21-19(17-7-5-6-8-18(17)26-21)20(25)15-9-11-16(22)12-10-15/h9-12H,3-8,13H2,1-2H3. The largest absolute Gasteiger partial charge is 0.303 e. The van der Waals surface area contributed by atoms with E-state index >= 15 is 0 Å². The Balaban J connectivity index is 2.09. The number of carbonyl (C=O) groups excluding carboxylic acids is 2. The molecule has 1 heterocycles. The first-order valence-electron chi connectivity index (χ1n) is 9.25. The highest BCUT2D eigenvalue weighted by Gasteiger charge is 2.29. The monoisotopic (exact) mass is 389 g/mol. The van der Waals surface area contributed by atoms with Gasteiger partial charge in [0, 0.05) is 28.9 Å². The third-order valence-corrected chi connectivity index (χ3v) is 6.41. The molecule has 1 aliphatic rings. The van der Waals surface area contributed by atoms with E-state index in [2.05, 4.69) is 6.92 Å². The van der Waals surface area contributed by atoms with Gasteiger partial charge in [-0.2, -0.15) is 0 Å². The predicted molar refractivity (Wildman–Crippen MR) is 109 cm³/mol. The fourth-order valence-electron chi connectivity index (χ4n) is 3.44. The molecule has 0 saturated carbocycles. The summed E-state index contributed by atoms with van der Waals surface area (Å²) in [5.41, 5.74) is 2.51. The summed E-state index contributed by atoms with van der Waals surface area (Å²) in [6.45, 7) is 4.36. The summed E-state index contributed by atoms with van der Waals surface area (Å²) in [5, 5.41) is 1.44. The summed E-state index contributed by atoms with van der Waals surface area (Å²) < 4.78 is 0. The number of nitrogens with zero attached hydrogens (tertiary/aromatic N) is 1. The van der Waals surface area contributed by atoms with Gasteiger partial charge in [-0.1, -0.05) is 24.9 Å². The zero-order valence-corrected chi connectivity index (χ0v) is 16.9. The van der Waals surface area contributed by atoms with Crippen molar-refractivity contribution in [2.24, 2.45) is 0 Å². The Morgan fingerprint density at radius 1 is 1.15 bits per heavy atom. The first-order chi connectivity index (χ1) is 12.5. The van der Waals surface area contributed by atoms with Crippen molar-refractivity contribution < 1.29 is 9.59 Å². The lowest BCUT2D eigenvalue weighted by Gasteiger charge is -2.21. The highest BCUT2D eigenvalue weighted by Crippen LogP contribution is 2.41. The minimum Gasteiger partial charge on any atom is -0.303 e. The Morgan fingerprint density at radius 2 is 1.85 bits per heavy atom. The molecule has 0 atom stereocenters. The molecule has 26 heavy (non-hydrogen) atoms. The molecule has 0 N–H and O–H groups in total. The zero-order chi connectivity index (χ0) is 18.7. The van der Waals surface area contributed by atoms with E-state index in [1.807, 2.05) is 0 Å². The highest BCUT2D eigenvalue weighted by atomic mass is 35.5. The summed E-state index contributed by atoms with van der Waals surface area (Å²) in [6.07, 6.45) is 6.10. The number of benzene rings is 1. The lowest BCUT2D eigenvalue weighted by molar-refractivity contribution is -0.116. The van der Waals surface area contributed by atoms with Crippen LogP contribution < -0.4 is 4.90 Å². The van der Waals surface area contributed by atoms with Crippen LogP contribution in [-0.4, -0.2) is 18.2 Å². The lowest BCUT2D eigenvalue weighted by atomic mass is 9.91. The molecule has 1 amide bonds. The summed E-state index contributed by atoms with van der Waals surface area (Å²) in [5.74, 6) is 0.000943. The summed E-state index contributed by atoms with van der Waals surface area (Å²) in [7, 11) is 0. The van der Waals surface area contributed by atoms with Crippen LogP contribution in [0.2, 0.25) is 5.02 Å². The SMILES string of the molecule is CCCCN(C(C)=O)c1sc2c(c1C(=O)c1ccc(Cl)cc1)CCCC2. The van der Waals surface area contributed by atoms with Crippen LogP contribution in [0.15, 0.2) is 24.3 Å². The maximum atomic E-state index is 13.3. The quantitative estimate of drug-likeness (QED) is 0.597. The molecule has 0 unspecified atom stereocenters. The third kappa shape index (κ3) is 3.86. The molecular formula is C21H24ClNO2S. The fourth-order valence-corrected chi connectivity index (χ4v) is 5.02. The van der Waals surface area contributed by atoms with Crippen LogP contribution in [0, 0.1) is 0 Å². The van der Waals surface area contributed by atoms with Gasteiger partial charge in [0.15, 0.2) is 5.78 Å². The van der Waals surface area contributed by atoms with Crippen LogP contribution in [0.4, 0.5) is 5.00 Å². The fraction of sp³-hybridized carbons (Fsp3) is 0.429. The smallest absolute Gasteiger partial charge is 0.224 e. The molecule has 0 bridgehead atoms. The molecule has 0 spiro atoms. The van der Waals surface area contributed by atoms with Crippen LogP contribution in [0.25, 0.3) is 0 Å². The van der Waals surface area contributed by atoms with Gasteiger partial charge in [-0.25, -0.2) is 0 Å². The second-order valence-corrected chi connectivity index (χ2v) is 8.27. The van der Waals surface area contributed by atoms with E-state index in [9.17, 15) is 9.59 Å². The molecule has 3 rings (SSSR count). The molecule has 1 aromatic heterocycles. The van der Waals surface area contributed by atoms with Crippen molar-refractivity contribution in [2.45, 2.75) is 52.4 Å². The van der Waals surface area contributed by atoms with Crippen molar-refractivity contribution in [3.05, 3.63) is 50.9 Å². The van der Waals surface area contributed by atoms with Crippen molar-refractivity contribution in [1.29, 1.82) is 0 Å². The Bertz CT molecular complexity index is 810.